The zero-order chi connectivity index (χ0) is 17.3. The van der Waals surface area contributed by atoms with Gasteiger partial charge >= 0.3 is 5.97 Å². The van der Waals surface area contributed by atoms with Gasteiger partial charge < -0.3 is 10.1 Å². The summed E-state index contributed by atoms with van der Waals surface area (Å²) < 4.78 is 28.0. The number of carbonyl (C=O) groups excluding carboxylic acids is 2. The molecule has 0 saturated carbocycles. The summed E-state index contributed by atoms with van der Waals surface area (Å²) in [6.07, 6.45) is 2.52. The van der Waals surface area contributed by atoms with Gasteiger partial charge in [-0.05, 0) is 55.9 Å². The fourth-order valence-corrected chi connectivity index (χ4v) is 4.92. The van der Waals surface area contributed by atoms with Crippen LogP contribution in [-0.4, -0.2) is 37.9 Å². The Morgan fingerprint density at radius 3 is 2.71 bits per heavy atom. The van der Waals surface area contributed by atoms with E-state index >= 15 is 0 Å². The van der Waals surface area contributed by atoms with Crippen LogP contribution in [0.1, 0.15) is 30.9 Å². The Balaban J connectivity index is 1.56. The van der Waals surface area contributed by atoms with Gasteiger partial charge in [0.2, 0.25) is 0 Å². The summed E-state index contributed by atoms with van der Waals surface area (Å²) in [5.41, 5.74) is 3.25. The fourth-order valence-electron chi connectivity index (χ4n) is 3.20. The highest BCUT2D eigenvalue weighted by Gasteiger charge is 2.35. The summed E-state index contributed by atoms with van der Waals surface area (Å²) in [5.74, 6) is -1.88. The van der Waals surface area contributed by atoms with Gasteiger partial charge in [0.1, 0.15) is 0 Å². The molecule has 2 aliphatic rings. The van der Waals surface area contributed by atoms with Crippen LogP contribution < -0.4 is 5.32 Å². The topological polar surface area (TPSA) is 89.5 Å². The molecule has 1 saturated heterocycles. The number of hydrogen-bond donors (Lipinski definition) is 1. The van der Waals surface area contributed by atoms with Crippen LogP contribution in [0.2, 0.25) is 0 Å². The van der Waals surface area contributed by atoms with Crippen LogP contribution in [0.5, 0.6) is 0 Å². The summed E-state index contributed by atoms with van der Waals surface area (Å²) in [6.45, 7) is 1.49. The highest BCUT2D eigenvalue weighted by molar-refractivity contribution is 7.91. The van der Waals surface area contributed by atoms with Crippen molar-refractivity contribution in [2.75, 3.05) is 16.8 Å². The van der Waals surface area contributed by atoms with Crippen molar-refractivity contribution >= 4 is 27.4 Å². The SMILES string of the molecule is C[C@H](OC(=O)[C@@H]1CCS(=O)(=O)C1)C(=O)Nc1ccc2c(c1)CCC2. The molecule has 1 aromatic rings. The molecule has 0 aromatic heterocycles. The molecule has 1 amide bonds. The third-order valence-corrected chi connectivity index (χ3v) is 6.36. The second kappa shape index (κ2) is 6.55. The summed E-state index contributed by atoms with van der Waals surface area (Å²) >= 11 is 0. The number of amides is 1. The van der Waals surface area contributed by atoms with Crippen molar-refractivity contribution in [3.8, 4) is 0 Å². The second-order valence-corrected chi connectivity index (χ2v) is 8.73. The van der Waals surface area contributed by atoms with Crippen molar-refractivity contribution in [2.24, 2.45) is 5.92 Å². The molecule has 2 atom stereocenters. The molecule has 1 aliphatic heterocycles. The number of nitrogens with one attached hydrogen (secondary N) is 1. The molecule has 0 spiro atoms. The Hall–Kier alpha value is -1.89. The molecule has 0 bridgehead atoms. The average Bonchev–Trinajstić information content (AvgIpc) is 3.12. The van der Waals surface area contributed by atoms with Crippen molar-refractivity contribution in [3.63, 3.8) is 0 Å². The molecule has 6 nitrogen and oxygen atoms in total. The first-order valence-electron chi connectivity index (χ1n) is 8.18. The Bertz CT molecular complexity index is 771. The zero-order valence-corrected chi connectivity index (χ0v) is 14.4. The van der Waals surface area contributed by atoms with E-state index in [1.165, 1.54) is 18.1 Å². The van der Waals surface area contributed by atoms with Crippen LogP contribution in [0.4, 0.5) is 5.69 Å². The molecule has 1 N–H and O–H groups in total. The Kier molecular flexibility index (Phi) is 4.62. The average molecular weight is 351 g/mol. The Labute approximate surface area is 141 Å². The van der Waals surface area contributed by atoms with Crippen LogP contribution in [0.3, 0.4) is 0 Å². The monoisotopic (exact) mass is 351 g/mol. The lowest BCUT2D eigenvalue weighted by Gasteiger charge is -2.16. The van der Waals surface area contributed by atoms with Crippen LogP contribution in [-0.2, 0) is 37.0 Å². The molecule has 0 radical (unpaired) electrons. The highest BCUT2D eigenvalue weighted by Crippen LogP contribution is 2.25. The van der Waals surface area contributed by atoms with Crippen molar-refractivity contribution < 1.29 is 22.7 Å². The normalized spacial score (nSPS) is 22.6. The molecule has 1 heterocycles. The molecule has 3 rings (SSSR count). The first-order valence-corrected chi connectivity index (χ1v) is 10.00. The molecular weight excluding hydrogens is 330 g/mol. The van der Waals surface area contributed by atoms with E-state index in [1.807, 2.05) is 18.2 Å². The molecule has 1 aromatic carbocycles. The maximum absolute atomic E-state index is 12.2. The Morgan fingerprint density at radius 1 is 1.25 bits per heavy atom. The van der Waals surface area contributed by atoms with Crippen molar-refractivity contribution in [1.82, 2.24) is 0 Å². The summed E-state index contributed by atoms with van der Waals surface area (Å²) in [6, 6.07) is 5.82. The van der Waals surface area contributed by atoms with E-state index in [1.54, 1.807) is 0 Å². The Morgan fingerprint density at radius 2 is 2.00 bits per heavy atom. The standard InChI is InChI=1S/C17H21NO5S/c1-11(23-17(20)14-7-8-24(21,22)10-14)16(19)18-15-6-5-12-3-2-4-13(12)9-15/h5-6,9,11,14H,2-4,7-8,10H2,1H3,(H,18,19)/t11-,14+/m0/s1. The first kappa shape index (κ1) is 17.0. The predicted molar refractivity (Wildman–Crippen MR) is 89.4 cm³/mol. The minimum Gasteiger partial charge on any atom is -0.452 e. The third kappa shape index (κ3) is 3.77. The molecule has 1 aliphatic carbocycles. The number of anilines is 1. The molecule has 1 fully saturated rings. The van der Waals surface area contributed by atoms with E-state index in [2.05, 4.69) is 5.32 Å². The number of ether oxygens (including phenoxy) is 1. The quantitative estimate of drug-likeness (QED) is 0.830. The fraction of sp³-hybridized carbons (Fsp3) is 0.529. The van der Waals surface area contributed by atoms with Gasteiger partial charge in [-0.1, -0.05) is 6.07 Å². The lowest BCUT2D eigenvalue weighted by atomic mass is 10.1. The number of hydrogen-bond acceptors (Lipinski definition) is 5. The number of aryl methyl sites for hydroxylation is 2. The summed E-state index contributed by atoms with van der Waals surface area (Å²) in [5, 5.41) is 2.75. The number of rotatable bonds is 4. The largest absolute Gasteiger partial charge is 0.452 e. The van der Waals surface area contributed by atoms with Crippen LogP contribution in [0.25, 0.3) is 0 Å². The van der Waals surface area contributed by atoms with E-state index in [0.29, 0.717) is 5.69 Å². The van der Waals surface area contributed by atoms with E-state index in [-0.39, 0.29) is 17.9 Å². The van der Waals surface area contributed by atoms with Gasteiger partial charge in [0.25, 0.3) is 5.91 Å². The second-order valence-electron chi connectivity index (χ2n) is 6.51. The molecular formula is C17H21NO5S. The van der Waals surface area contributed by atoms with Crippen molar-refractivity contribution in [1.29, 1.82) is 0 Å². The van der Waals surface area contributed by atoms with Gasteiger partial charge in [-0.2, -0.15) is 0 Å². The van der Waals surface area contributed by atoms with Gasteiger partial charge in [-0.3, -0.25) is 9.59 Å². The van der Waals surface area contributed by atoms with Crippen LogP contribution >= 0.6 is 0 Å². The highest BCUT2D eigenvalue weighted by atomic mass is 32.2. The minimum absolute atomic E-state index is 0.00245. The van der Waals surface area contributed by atoms with Gasteiger partial charge in [-0.15, -0.1) is 0 Å². The maximum Gasteiger partial charge on any atom is 0.310 e. The van der Waals surface area contributed by atoms with Gasteiger partial charge in [0.15, 0.2) is 15.9 Å². The number of carbonyl (C=O) groups is 2. The number of sulfone groups is 1. The van der Waals surface area contributed by atoms with Crippen LogP contribution in [0.15, 0.2) is 18.2 Å². The van der Waals surface area contributed by atoms with Gasteiger partial charge in [0, 0.05) is 5.69 Å². The predicted octanol–water partition coefficient (Wildman–Crippen LogP) is 1.48. The first-order chi connectivity index (χ1) is 11.3. The number of benzene rings is 1. The lowest BCUT2D eigenvalue weighted by Crippen LogP contribution is -2.32. The molecule has 0 unspecified atom stereocenters. The summed E-state index contributed by atoms with van der Waals surface area (Å²) in [7, 11) is -3.15. The van der Waals surface area contributed by atoms with E-state index in [0.717, 1.165) is 19.3 Å². The summed E-state index contributed by atoms with van der Waals surface area (Å²) in [4.78, 5) is 24.2. The maximum atomic E-state index is 12.2. The number of fused-ring (bicyclic) bond motifs is 1. The minimum atomic E-state index is -3.15. The number of esters is 1. The van der Waals surface area contributed by atoms with E-state index < -0.39 is 33.7 Å². The van der Waals surface area contributed by atoms with E-state index in [9.17, 15) is 18.0 Å². The third-order valence-electron chi connectivity index (χ3n) is 4.59. The van der Waals surface area contributed by atoms with Crippen molar-refractivity contribution in [3.05, 3.63) is 29.3 Å². The lowest BCUT2D eigenvalue weighted by molar-refractivity contribution is -0.156. The smallest absolute Gasteiger partial charge is 0.310 e. The van der Waals surface area contributed by atoms with Gasteiger partial charge in [-0.25, -0.2) is 8.42 Å². The van der Waals surface area contributed by atoms with Gasteiger partial charge in [0.05, 0.1) is 17.4 Å². The van der Waals surface area contributed by atoms with Crippen molar-refractivity contribution in [2.45, 2.75) is 38.7 Å². The molecule has 130 valence electrons. The molecule has 7 heteroatoms. The molecule has 24 heavy (non-hydrogen) atoms. The van der Waals surface area contributed by atoms with Crippen LogP contribution in [0, 0.1) is 5.92 Å². The zero-order valence-electron chi connectivity index (χ0n) is 13.6. The van der Waals surface area contributed by atoms with E-state index in [4.69, 9.17) is 4.74 Å².